The number of alkyl halides is 3. The van der Waals surface area contributed by atoms with Crippen LogP contribution in [0.15, 0.2) is 48.5 Å². The molecule has 1 N–H and O–H groups in total. The molecule has 2 amide bonds. The molecule has 0 spiro atoms. The Balaban J connectivity index is 1.64. The van der Waals surface area contributed by atoms with Gasteiger partial charge in [-0.25, -0.2) is 4.79 Å². The zero-order valence-corrected chi connectivity index (χ0v) is 14.4. The maximum atomic E-state index is 12.8. The summed E-state index contributed by atoms with van der Waals surface area (Å²) in [7, 11) is 0. The van der Waals surface area contributed by atoms with Crippen molar-refractivity contribution < 1.29 is 27.5 Å². The molecular formula is C19H17F3N2O3. The Bertz CT molecular complexity index is 867. The number of rotatable bonds is 4. The quantitative estimate of drug-likeness (QED) is 0.881. The Morgan fingerprint density at radius 1 is 1.22 bits per heavy atom. The molecule has 142 valence electrons. The van der Waals surface area contributed by atoms with Crippen LogP contribution in [0.2, 0.25) is 0 Å². The Kier molecular flexibility index (Phi) is 5.07. The molecule has 8 heteroatoms. The average molecular weight is 378 g/mol. The summed E-state index contributed by atoms with van der Waals surface area (Å²) in [5, 5.41) is 2.69. The second-order valence-corrected chi connectivity index (χ2v) is 6.19. The smallest absolute Gasteiger partial charge is 0.416 e. The van der Waals surface area contributed by atoms with Gasteiger partial charge in [0.05, 0.1) is 18.7 Å². The predicted octanol–water partition coefficient (Wildman–Crippen LogP) is 3.77. The summed E-state index contributed by atoms with van der Waals surface area (Å²) in [4.78, 5) is 25.4. The van der Waals surface area contributed by atoms with E-state index in [2.05, 4.69) is 5.32 Å². The number of amides is 2. The molecule has 1 aliphatic rings. The molecule has 0 bridgehead atoms. The van der Waals surface area contributed by atoms with Crippen LogP contribution in [0.4, 0.5) is 23.7 Å². The van der Waals surface area contributed by atoms with E-state index >= 15 is 0 Å². The van der Waals surface area contributed by atoms with Crippen LogP contribution >= 0.6 is 0 Å². The van der Waals surface area contributed by atoms with Gasteiger partial charge < -0.3 is 10.1 Å². The highest BCUT2D eigenvalue weighted by molar-refractivity contribution is 5.95. The lowest BCUT2D eigenvalue weighted by Crippen LogP contribution is -2.34. The van der Waals surface area contributed by atoms with Crippen molar-refractivity contribution in [3.05, 3.63) is 65.2 Å². The maximum Gasteiger partial charge on any atom is 0.416 e. The number of aryl methyl sites for hydroxylation is 1. The summed E-state index contributed by atoms with van der Waals surface area (Å²) in [5.41, 5.74) is 0.576. The molecule has 2 aromatic carbocycles. The molecule has 0 aliphatic carbocycles. The minimum atomic E-state index is -4.50. The molecule has 3 rings (SSSR count). The van der Waals surface area contributed by atoms with Crippen LogP contribution in [0.5, 0.6) is 0 Å². The summed E-state index contributed by atoms with van der Waals surface area (Å²) in [6.45, 7) is 1.92. The number of hydrogen-bond acceptors (Lipinski definition) is 3. The highest BCUT2D eigenvalue weighted by atomic mass is 19.4. The number of carbonyl (C=O) groups is 2. The summed E-state index contributed by atoms with van der Waals surface area (Å²) in [5.74, 6) is -0.304. The van der Waals surface area contributed by atoms with Crippen LogP contribution < -0.4 is 10.2 Å². The topological polar surface area (TPSA) is 58.6 Å². The van der Waals surface area contributed by atoms with E-state index in [9.17, 15) is 22.8 Å². The Labute approximate surface area is 153 Å². The molecule has 1 atom stereocenters. The molecule has 1 fully saturated rings. The van der Waals surface area contributed by atoms with Crippen LogP contribution in [-0.2, 0) is 10.9 Å². The lowest BCUT2D eigenvalue weighted by molar-refractivity contribution is -0.137. The highest BCUT2D eigenvalue weighted by Crippen LogP contribution is 2.32. The van der Waals surface area contributed by atoms with Gasteiger partial charge in [-0.1, -0.05) is 24.3 Å². The van der Waals surface area contributed by atoms with Crippen molar-refractivity contribution >= 4 is 17.7 Å². The van der Waals surface area contributed by atoms with Crippen LogP contribution in [0.1, 0.15) is 21.5 Å². The predicted molar refractivity (Wildman–Crippen MR) is 92.6 cm³/mol. The lowest BCUT2D eigenvalue weighted by Gasteiger charge is -2.15. The fraction of sp³-hybridized carbons (Fsp3) is 0.263. The number of anilines is 1. The van der Waals surface area contributed by atoms with Crippen LogP contribution in [0, 0.1) is 6.92 Å². The second-order valence-electron chi connectivity index (χ2n) is 6.19. The van der Waals surface area contributed by atoms with E-state index in [1.807, 2.05) is 6.07 Å². The molecule has 1 aliphatic heterocycles. The average Bonchev–Trinajstić information content (AvgIpc) is 3.00. The van der Waals surface area contributed by atoms with Crippen molar-refractivity contribution in [2.45, 2.75) is 19.2 Å². The number of cyclic esters (lactones) is 1. The standard InChI is InChI=1S/C19H17F3N2O3/c1-12-5-2-3-8-16(12)17(25)23-10-15-11-24(18(26)27-15)14-7-4-6-13(9-14)19(20,21)22/h2-9,15H,10-11H2,1H3,(H,23,25). The number of ether oxygens (including phenoxy) is 1. The number of nitrogens with one attached hydrogen (secondary N) is 1. The fourth-order valence-corrected chi connectivity index (χ4v) is 2.82. The van der Waals surface area contributed by atoms with E-state index < -0.39 is 23.9 Å². The van der Waals surface area contributed by atoms with Gasteiger partial charge in [-0.2, -0.15) is 13.2 Å². The van der Waals surface area contributed by atoms with Gasteiger partial charge in [-0.3, -0.25) is 9.69 Å². The molecule has 0 saturated carbocycles. The number of carbonyl (C=O) groups excluding carboxylic acids is 2. The van der Waals surface area contributed by atoms with Gasteiger partial charge >= 0.3 is 12.3 Å². The number of benzene rings is 2. The van der Waals surface area contributed by atoms with Gasteiger partial charge in [0, 0.05) is 11.3 Å². The molecule has 2 aromatic rings. The van der Waals surface area contributed by atoms with Crippen LogP contribution in [-0.4, -0.2) is 31.2 Å². The fourth-order valence-electron chi connectivity index (χ4n) is 2.82. The first kappa shape index (κ1) is 18.8. The molecular weight excluding hydrogens is 361 g/mol. The summed E-state index contributed by atoms with van der Waals surface area (Å²) < 4.78 is 43.7. The van der Waals surface area contributed by atoms with Gasteiger partial charge in [-0.05, 0) is 36.8 Å². The van der Waals surface area contributed by atoms with Crippen molar-refractivity contribution in [2.24, 2.45) is 0 Å². The van der Waals surface area contributed by atoms with Crippen molar-refractivity contribution in [3.63, 3.8) is 0 Å². The zero-order valence-electron chi connectivity index (χ0n) is 14.4. The first-order valence-corrected chi connectivity index (χ1v) is 8.25. The largest absolute Gasteiger partial charge is 0.442 e. The molecule has 1 heterocycles. The SMILES string of the molecule is Cc1ccccc1C(=O)NCC1CN(c2cccc(C(F)(F)F)c2)C(=O)O1. The second kappa shape index (κ2) is 7.30. The third-order valence-corrected chi connectivity index (χ3v) is 4.24. The Morgan fingerprint density at radius 2 is 1.96 bits per heavy atom. The first-order valence-electron chi connectivity index (χ1n) is 8.25. The van der Waals surface area contributed by atoms with E-state index in [1.54, 1.807) is 25.1 Å². The van der Waals surface area contributed by atoms with E-state index in [1.165, 1.54) is 12.1 Å². The third kappa shape index (κ3) is 4.21. The van der Waals surface area contributed by atoms with Crippen molar-refractivity contribution in [1.82, 2.24) is 5.32 Å². The van der Waals surface area contributed by atoms with Gasteiger partial charge in [0.15, 0.2) is 0 Å². The van der Waals surface area contributed by atoms with Crippen LogP contribution in [0.25, 0.3) is 0 Å². The number of nitrogens with zero attached hydrogens (tertiary/aromatic N) is 1. The van der Waals surface area contributed by atoms with Crippen molar-refractivity contribution in [2.75, 3.05) is 18.0 Å². The van der Waals surface area contributed by atoms with Crippen LogP contribution in [0.3, 0.4) is 0 Å². The molecule has 27 heavy (non-hydrogen) atoms. The van der Waals surface area contributed by atoms with E-state index in [4.69, 9.17) is 4.74 Å². The molecule has 0 radical (unpaired) electrons. The molecule has 1 unspecified atom stereocenters. The van der Waals surface area contributed by atoms with E-state index in [0.717, 1.165) is 22.6 Å². The highest BCUT2D eigenvalue weighted by Gasteiger charge is 2.35. The molecule has 5 nitrogen and oxygen atoms in total. The summed E-state index contributed by atoms with van der Waals surface area (Å²) in [6, 6.07) is 11.5. The normalized spacial score (nSPS) is 17.0. The van der Waals surface area contributed by atoms with Crippen molar-refractivity contribution in [1.29, 1.82) is 0 Å². The summed E-state index contributed by atoms with van der Waals surface area (Å²) in [6.07, 6.45) is -5.90. The van der Waals surface area contributed by atoms with E-state index in [0.29, 0.717) is 5.56 Å². The van der Waals surface area contributed by atoms with Crippen molar-refractivity contribution in [3.8, 4) is 0 Å². The zero-order chi connectivity index (χ0) is 19.6. The maximum absolute atomic E-state index is 12.8. The lowest BCUT2D eigenvalue weighted by atomic mass is 10.1. The Morgan fingerprint density at radius 3 is 2.67 bits per heavy atom. The number of hydrogen-bond donors (Lipinski definition) is 1. The number of halogens is 3. The summed E-state index contributed by atoms with van der Waals surface area (Å²) >= 11 is 0. The monoisotopic (exact) mass is 378 g/mol. The van der Waals surface area contributed by atoms with Gasteiger partial charge in [0.25, 0.3) is 5.91 Å². The third-order valence-electron chi connectivity index (χ3n) is 4.24. The molecule has 1 saturated heterocycles. The molecule has 0 aromatic heterocycles. The minimum Gasteiger partial charge on any atom is -0.442 e. The van der Waals surface area contributed by atoms with Gasteiger partial charge in [-0.15, -0.1) is 0 Å². The Hall–Kier alpha value is -3.03. The van der Waals surface area contributed by atoms with E-state index in [-0.39, 0.29) is 24.7 Å². The van der Waals surface area contributed by atoms with Gasteiger partial charge in [0.2, 0.25) is 0 Å². The van der Waals surface area contributed by atoms with Gasteiger partial charge in [0.1, 0.15) is 6.10 Å². The first-order chi connectivity index (χ1) is 12.8. The minimum absolute atomic E-state index is 0.0498.